The second-order valence-electron chi connectivity index (χ2n) is 10.2. The van der Waals surface area contributed by atoms with Crippen LogP contribution in [0.2, 0.25) is 0 Å². The Morgan fingerprint density at radius 2 is 1.86 bits per heavy atom. The topological polar surface area (TPSA) is 53.9 Å². The molecule has 0 amide bonds. The molecule has 0 saturated heterocycles. The third-order valence-electron chi connectivity index (χ3n) is 8.01. The maximum Gasteiger partial charge on any atom is 0.132 e. The van der Waals surface area contributed by atoms with Crippen LogP contribution in [0.15, 0.2) is 30.9 Å². The fourth-order valence-corrected chi connectivity index (χ4v) is 7.22. The lowest BCUT2D eigenvalue weighted by Gasteiger charge is -2.57. The summed E-state index contributed by atoms with van der Waals surface area (Å²) in [4.78, 5) is 16.0. The Kier molecular flexibility index (Phi) is 4.33. The molecule has 4 bridgehead atoms. The van der Waals surface area contributed by atoms with E-state index in [0.29, 0.717) is 5.41 Å². The highest BCUT2D eigenvalue weighted by Gasteiger charge is 2.50. The van der Waals surface area contributed by atoms with Crippen LogP contribution >= 0.6 is 0 Å². The number of nitrogens with one attached hydrogen (secondary N) is 1. The molecule has 1 aliphatic heterocycles. The van der Waals surface area contributed by atoms with Gasteiger partial charge in [0.2, 0.25) is 0 Å². The fourth-order valence-electron chi connectivity index (χ4n) is 7.22. The van der Waals surface area contributed by atoms with Crippen molar-refractivity contribution in [3.05, 3.63) is 47.7 Å². The molecule has 4 fully saturated rings. The maximum absolute atomic E-state index is 4.67. The number of pyridine rings is 1. The van der Waals surface area contributed by atoms with Gasteiger partial charge in [-0.3, -0.25) is 9.88 Å². The van der Waals surface area contributed by atoms with E-state index in [1.54, 1.807) is 6.33 Å². The van der Waals surface area contributed by atoms with Crippen LogP contribution in [0, 0.1) is 23.2 Å². The molecule has 0 aromatic carbocycles. The Bertz CT molecular complexity index is 845. The molecule has 2 aromatic rings. The molecule has 0 unspecified atom stereocenters. The van der Waals surface area contributed by atoms with Crippen molar-refractivity contribution in [2.75, 3.05) is 18.4 Å². The molecule has 1 N–H and O–H groups in total. The van der Waals surface area contributed by atoms with Crippen LogP contribution in [0.5, 0.6) is 0 Å². The van der Waals surface area contributed by atoms with Crippen LogP contribution < -0.4 is 5.32 Å². The third-order valence-corrected chi connectivity index (χ3v) is 8.01. The van der Waals surface area contributed by atoms with Crippen LogP contribution in [0.25, 0.3) is 0 Å². The van der Waals surface area contributed by atoms with Gasteiger partial charge in [-0.05, 0) is 79.7 Å². The Morgan fingerprint density at radius 1 is 1.07 bits per heavy atom. The molecule has 3 heterocycles. The number of fused-ring (bicyclic) bond motifs is 1. The molecule has 2 aromatic heterocycles. The smallest absolute Gasteiger partial charge is 0.132 e. The van der Waals surface area contributed by atoms with E-state index in [0.717, 1.165) is 56.2 Å². The van der Waals surface area contributed by atoms with Gasteiger partial charge in [0, 0.05) is 44.1 Å². The molecule has 152 valence electrons. The van der Waals surface area contributed by atoms with Gasteiger partial charge >= 0.3 is 0 Å². The van der Waals surface area contributed by atoms with Gasteiger partial charge in [0.25, 0.3) is 0 Å². The van der Waals surface area contributed by atoms with Gasteiger partial charge < -0.3 is 5.32 Å². The van der Waals surface area contributed by atoms with E-state index in [1.807, 2.05) is 18.5 Å². The normalized spacial score (nSPS) is 32.9. The summed E-state index contributed by atoms with van der Waals surface area (Å²) in [5, 5.41) is 3.81. The highest BCUT2D eigenvalue weighted by atomic mass is 15.1. The van der Waals surface area contributed by atoms with Crippen LogP contribution in [0.1, 0.15) is 55.3 Å². The highest BCUT2D eigenvalue weighted by Crippen LogP contribution is 2.59. The maximum atomic E-state index is 4.67. The van der Waals surface area contributed by atoms with Crippen LogP contribution in [0.4, 0.5) is 5.82 Å². The monoisotopic (exact) mass is 389 g/mol. The molecule has 0 spiro atoms. The first-order valence-corrected chi connectivity index (χ1v) is 11.4. The van der Waals surface area contributed by atoms with E-state index < -0.39 is 0 Å². The number of anilines is 1. The summed E-state index contributed by atoms with van der Waals surface area (Å²) in [6.45, 7) is 4.01. The van der Waals surface area contributed by atoms with Crippen molar-refractivity contribution >= 4 is 5.82 Å². The third kappa shape index (κ3) is 3.43. The summed E-state index contributed by atoms with van der Waals surface area (Å²) in [6, 6.07) is 4.17. The molecule has 5 heteroatoms. The number of hydrogen-bond donors (Lipinski definition) is 1. The molecule has 5 aliphatic rings. The van der Waals surface area contributed by atoms with Crippen molar-refractivity contribution in [1.82, 2.24) is 19.9 Å². The predicted octanol–water partition coefficient (Wildman–Crippen LogP) is 4.06. The average molecular weight is 390 g/mol. The summed E-state index contributed by atoms with van der Waals surface area (Å²) in [5.74, 6) is 4.11. The summed E-state index contributed by atoms with van der Waals surface area (Å²) >= 11 is 0. The second-order valence-corrected chi connectivity index (χ2v) is 10.2. The minimum atomic E-state index is 0.535. The van der Waals surface area contributed by atoms with Crippen molar-refractivity contribution < 1.29 is 0 Å². The van der Waals surface area contributed by atoms with Crippen molar-refractivity contribution in [3.8, 4) is 0 Å². The van der Waals surface area contributed by atoms with E-state index >= 15 is 0 Å². The quantitative estimate of drug-likeness (QED) is 0.836. The summed E-state index contributed by atoms with van der Waals surface area (Å²) in [5.41, 5.74) is 4.35. The number of hydrogen-bond acceptors (Lipinski definition) is 5. The van der Waals surface area contributed by atoms with Gasteiger partial charge in [0.05, 0.1) is 5.69 Å². The van der Waals surface area contributed by atoms with Gasteiger partial charge in [-0.15, -0.1) is 0 Å². The highest BCUT2D eigenvalue weighted by molar-refractivity contribution is 5.47. The SMILES string of the molecule is c1cncc(CN2CCc3c(ncnc3NCC34CC5CC(CC(C5)C3)C4)C2)c1. The lowest BCUT2D eigenvalue weighted by molar-refractivity contribution is -0.0444. The molecular weight excluding hydrogens is 358 g/mol. The van der Waals surface area contributed by atoms with Gasteiger partial charge in [-0.1, -0.05) is 6.07 Å². The first kappa shape index (κ1) is 17.8. The number of aromatic nitrogens is 3. The molecule has 0 atom stereocenters. The Balaban J connectivity index is 1.15. The summed E-state index contributed by atoms with van der Waals surface area (Å²) < 4.78 is 0. The van der Waals surface area contributed by atoms with Crippen molar-refractivity contribution in [1.29, 1.82) is 0 Å². The van der Waals surface area contributed by atoms with Crippen LogP contribution in [0.3, 0.4) is 0 Å². The minimum absolute atomic E-state index is 0.535. The molecule has 29 heavy (non-hydrogen) atoms. The minimum Gasteiger partial charge on any atom is -0.369 e. The first-order chi connectivity index (χ1) is 14.2. The van der Waals surface area contributed by atoms with E-state index in [1.165, 1.54) is 55.3 Å². The standard InChI is InChI=1S/C24H31N5/c1-2-17(12-25-4-1)13-29-5-3-21-22(14-29)27-16-28-23(21)26-15-24-9-18-6-19(10-24)8-20(7-18)11-24/h1-2,4,12,16,18-20H,3,5-11,13-15H2,(H,26,27,28). The second kappa shape index (κ2) is 7.05. The lowest BCUT2D eigenvalue weighted by atomic mass is 9.49. The van der Waals surface area contributed by atoms with Crippen molar-refractivity contribution in [2.45, 2.75) is 58.0 Å². The van der Waals surface area contributed by atoms with E-state index in [2.05, 4.69) is 31.2 Å². The zero-order valence-corrected chi connectivity index (χ0v) is 17.2. The molecule has 4 aliphatic carbocycles. The first-order valence-electron chi connectivity index (χ1n) is 11.4. The number of nitrogens with zero attached hydrogens (tertiary/aromatic N) is 4. The molecule has 4 saturated carbocycles. The van der Waals surface area contributed by atoms with Gasteiger partial charge in [-0.2, -0.15) is 0 Å². The van der Waals surface area contributed by atoms with Crippen molar-refractivity contribution in [2.24, 2.45) is 23.2 Å². The fraction of sp³-hybridized carbons (Fsp3) is 0.625. The van der Waals surface area contributed by atoms with Gasteiger partial charge in [-0.25, -0.2) is 9.97 Å². The summed E-state index contributed by atoms with van der Waals surface area (Å²) in [6.07, 6.45) is 15.4. The van der Waals surface area contributed by atoms with Gasteiger partial charge in [0.15, 0.2) is 0 Å². The average Bonchev–Trinajstić information content (AvgIpc) is 2.72. The largest absolute Gasteiger partial charge is 0.369 e. The zero-order chi connectivity index (χ0) is 19.3. The van der Waals surface area contributed by atoms with E-state index in [9.17, 15) is 0 Å². The Morgan fingerprint density at radius 3 is 2.59 bits per heavy atom. The zero-order valence-electron chi connectivity index (χ0n) is 17.2. The van der Waals surface area contributed by atoms with Crippen molar-refractivity contribution in [3.63, 3.8) is 0 Å². The van der Waals surface area contributed by atoms with E-state index in [-0.39, 0.29) is 0 Å². The molecule has 7 rings (SSSR count). The van der Waals surface area contributed by atoms with Crippen LogP contribution in [-0.2, 0) is 19.5 Å². The predicted molar refractivity (Wildman–Crippen MR) is 113 cm³/mol. The van der Waals surface area contributed by atoms with E-state index in [4.69, 9.17) is 0 Å². The molecule has 0 radical (unpaired) electrons. The summed E-state index contributed by atoms with van der Waals surface area (Å²) in [7, 11) is 0. The lowest BCUT2D eigenvalue weighted by Crippen LogP contribution is -2.49. The number of rotatable bonds is 5. The van der Waals surface area contributed by atoms with Crippen LogP contribution in [-0.4, -0.2) is 32.9 Å². The molecule has 5 nitrogen and oxygen atoms in total. The Labute approximate surface area is 173 Å². The Hall–Kier alpha value is -2.01. The van der Waals surface area contributed by atoms with Gasteiger partial charge in [0.1, 0.15) is 12.1 Å². The molecular formula is C24H31N5.